The highest BCUT2D eigenvalue weighted by Gasteiger charge is 2.12. The molecule has 1 aromatic carbocycles. The molecule has 1 atom stereocenters. The average Bonchev–Trinajstić information content (AvgIpc) is 2.07. The third-order valence-corrected chi connectivity index (χ3v) is 2.72. The summed E-state index contributed by atoms with van der Waals surface area (Å²) in [4.78, 5) is 0. The lowest BCUT2D eigenvalue weighted by Gasteiger charge is -2.13. The van der Waals surface area contributed by atoms with E-state index in [9.17, 15) is 12.8 Å². The SMILES string of the molecule is Cc1cc(C(C)N)c(F)cc1NS(C)(=O)=O. The Labute approximate surface area is 94.7 Å². The monoisotopic (exact) mass is 246 g/mol. The smallest absolute Gasteiger partial charge is 0.229 e. The van der Waals surface area contributed by atoms with Crippen LogP contribution in [0, 0.1) is 12.7 Å². The Bertz CT molecular complexity index is 498. The highest BCUT2D eigenvalue weighted by Crippen LogP contribution is 2.23. The summed E-state index contributed by atoms with van der Waals surface area (Å²) in [6.07, 6.45) is 1.02. The van der Waals surface area contributed by atoms with Crippen LogP contribution in [0.15, 0.2) is 12.1 Å². The minimum absolute atomic E-state index is 0.240. The number of halogens is 1. The molecule has 0 heterocycles. The van der Waals surface area contributed by atoms with Crippen LogP contribution in [0.2, 0.25) is 0 Å². The van der Waals surface area contributed by atoms with Crippen LogP contribution >= 0.6 is 0 Å². The highest BCUT2D eigenvalue weighted by molar-refractivity contribution is 7.92. The van der Waals surface area contributed by atoms with Crippen LogP contribution in [0.3, 0.4) is 0 Å². The van der Waals surface area contributed by atoms with Gasteiger partial charge < -0.3 is 5.73 Å². The Morgan fingerprint density at radius 2 is 2.00 bits per heavy atom. The Morgan fingerprint density at radius 1 is 1.44 bits per heavy atom. The standard InChI is InChI=1S/C10H15FN2O2S/c1-6-4-8(7(2)12)9(11)5-10(6)13-16(3,14)15/h4-5,7,13H,12H2,1-3H3. The summed E-state index contributed by atoms with van der Waals surface area (Å²) < 4.78 is 37.8. The van der Waals surface area contributed by atoms with Crippen LogP contribution in [0.1, 0.15) is 24.1 Å². The van der Waals surface area contributed by atoms with E-state index in [4.69, 9.17) is 5.73 Å². The van der Waals surface area contributed by atoms with Gasteiger partial charge in [0.15, 0.2) is 0 Å². The molecule has 0 saturated heterocycles. The van der Waals surface area contributed by atoms with Crippen LogP contribution in [-0.2, 0) is 10.0 Å². The van der Waals surface area contributed by atoms with E-state index in [1.54, 1.807) is 19.9 Å². The lowest BCUT2D eigenvalue weighted by atomic mass is 10.0. The highest BCUT2D eigenvalue weighted by atomic mass is 32.2. The van der Waals surface area contributed by atoms with Gasteiger partial charge in [0, 0.05) is 11.6 Å². The van der Waals surface area contributed by atoms with Gasteiger partial charge in [-0.3, -0.25) is 4.72 Å². The summed E-state index contributed by atoms with van der Waals surface area (Å²) in [6.45, 7) is 3.36. The van der Waals surface area contributed by atoms with Crippen molar-refractivity contribution >= 4 is 15.7 Å². The van der Waals surface area contributed by atoms with Gasteiger partial charge in [-0.25, -0.2) is 12.8 Å². The van der Waals surface area contributed by atoms with Gasteiger partial charge in [0.05, 0.1) is 11.9 Å². The molecule has 6 heteroatoms. The molecule has 0 aromatic heterocycles. The maximum Gasteiger partial charge on any atom is 0.229 e. The zero-order valence-electron chi connectivity index (χ0n) is 9.41. The third-order valence-electron chi connectivity index (χ3n) is 2.13. The number of rotatable bonds is 3. The van der Waals surface area contributed by atoms with E-state index in [1.165, 1.54) is 0 Å². The lowest BCUT2D eigenvalue weighted by Crippen LogP contribution is -2.13. The van der Waals surface area contributed by atoms with E-state index in [0.29, 0.717) is 11.1 Å². The van der Waals surface area contributed by atoms with Crippen molar-refractivity contribution in [2.24, 2.45) is 5.73 Å². The lowest BCUT2D eigenvalue weighted by molar-refractivity contribution is 0.593. The van der Waals surface area contributed by atoms with Crippen LogP contribution in [0.25, 0.3) is 0 Å². The molecule has 1 rings (SSSR count). The zero-order valence-corrected chi connectivity index (χ0v) is 10.2. The zero-order chi connectivity index (χ0) is 12.5. The summed E-state index contributed by atoms with van der Waals surface area (Å²) >= 11 is 0. The molecule has 0 spiro atoms. The number of anilines is 1. The molecule has 3 N–H and O–H groups in total. The number of nitrogens with two attached hydrogens (primary N) is 1. The molecule has 4 nitrogen and oxygen atoms in total. The van der Waals surface area contributed by atoms with Crippen LogP contribution in [-0.4, -0.2) is 14.7 Å². The van der Waals surface area contributed by atoms with Crippen molar-refractivity contribution in [2.75, 3.05) is 11.0 Å². The molecule has 16 heavy (non-hydrogen) atoms. The number of aryl methyl sites for hydroxylation is 1. The second-order valence-corrected chi connectivity index (χ2v) is 5.60. The summed E-state index contributed by atoms with van der Waals surface area (Å²) in [7, 11) is -3.40. The Morgan fingerprint density at radius 3 is 2.44 bits per heavy atom. The van der Waals surface area contributed by atoms with Crippen LogP contribution in [0.5, 0.6) is 0 Å². The Balaban J connectivity index is 3.21. The normalized spacial score (nSPS) is 13.6. The Kier molecular flexibility index (Phi) is 3.54. The summed E-state index contributed by atoms with van der Waals surface area (Å²) in [6, 6.07) is 2.27. The fraction of sp³-hybridized carbons (Fsp3) is 0.400. The molecule has 0 saturated carbocycles. The van der Waals surface area contributed by atoms with Gasteiger partial charge in [-0.15, -0.1) is 0 Å². The second-order valence-electron chi connectivity index (χ2n) is 3.85. The van der Waals surface area contributed by atoms with Crippen LogP contribution < -0.4 is 10.5 Å². The molecule has 0 aliphatic carbocycles. The molecule has 1 aromatic rings. The van der Waals surface area contributed by atoms with E-state index in [2.05, 4.69) is 4.72 Å². The first-order valence-electron chi connectivity index (χ1n) is 4.74. The minimum Gasteiger partial charge on any atom is -0.324 e. The summed E-state index contributed by atoms with van der Waals surface area (Å²) in [5.41, 5.74) is 6.83. The van der Waals surface area contributed by atoms with Gasteiger partial charge >= 0.3 is 0 Å². The Hall–Kier alpha value is -1.14. The number of benzene rings is 1. The van der Waals surface area contributed by atoms with Crippen molar-refractivity contribution in [3.05, 3.63) is 29.1 Å². The molecular weight excluding hydrogens is 231 g/mol. The van der Waals surface area contributed by atoms with Crippen molar-refractivity contribution < 1.29 is 12.8 Å². The van der Waals surface area contributed by atoms with Gasteiger partial charge in [0.2, 0.25) is 10.0 Å². The topological polar surface area (TPSA) is 72.2 Å². The average molecular weight is 246 g/mol. The van der Waals surface area contributed by atoms with Gasteiger partial charge in [0.25, 0.3) is 0 Å². The molecule has 0 aliphatic heterocycles. The number of nitrogens with one attached hydrogen (secondary N) is 1. The first kappa shape index (κ1) is 12.9. The van der Waals surface area contributed by atoms with Crippen molar-refractivity contribution in [1.82, 2.24) is 0 Å². The van der Waals surface area contributed by atoms with Crippen molar-refractivity contribution in [2.45, 2.75) is 19.9 Å². The maximum absolute atomic E-state index is 13.5. The van der Waals surface area contributed by atoms with Crippen molar-refractivity contribution in [3.8, 4) is 0 Å². The fourth-order valence-electron chi connectivity index (χ4n) is 1.36. The van der Waals surface area contributed by atoms with Gasteiger partial charge in [-0.05, 0) is 31.5 Å². The van der Waals surface area contributed by atoms with Gasteiger partial charge in [-0.1, -0.05) is 0 Å². The number of hydrogen-bond donors (Lipinski definition) is 2. The summed E-state index contributed by atoms with van der Waals surface area (Å²) in [5, 5.41) is 0. The predicted molar refractivity (Wildman–Crippen MR) is 62.2 cm³/mol. The van der Waals surface area contributed by atoms with Crippen molar-refractivity contribution in [1.29, 1.82) is 0 Å². The first-order chi connectivity index (χ1) is 7.20. The number of sulfonamides is 1. The number of hydrogen-bond acceptors (Lipinski definition) is 3. The van der Waals surface area contributed by atoms with E-state index in [1.807, 2.05) is 0 Å². The second kappa shape index (κ2) is 4.39. The van der Waals surface area contributed by atoms with Crippen molar-refractivity contribution in [3.63, 3.8) is 0 Å². The quantitative estimate of drug-likeness (QED) is 0.849. The molecule has 0 radical (unpaired) electrons. The molecule has 0 fully saturated rings. The van der Waals surface area contributed by atoms with Crippen LogP contribution in [0.4, 0.5) is 10.1 Å². The predicted octanol–water partition coefficient (Wildman–Crippen LogP) is 1.53. The minimum atomic E-state index is -3.40. The molecule has 0 bridgehead atoms. The maximum atomic E-state index is 13.5. The van der Waals surface area contributed by atoms with E-state index in [0.717, 1.165) is 12.3 Å². The molecule has 0 amide bonds. The third kappa shape index (κ3) is 3.18. The largest absolute Gasteiger partial charge is 0.324 e. The van der Waals surface area contributed by atoms with E-state index in [-0.39, 0.29) is 5.69 Å². The van der Waals surface area contributed by atoms with Gasteiger partial charge in [-0.2, -0.15) is 0 Å². The molecule has 90 valence electrons. The fourth-order valence-corrected chi connectivity index (χ4v) is 1.98. The first-order valence-corrected chi connectivity index (χ1v) is 6.63. The van der Waals surface area contributed by atoms with E-state index < -0.39 is 21.9 Å². The molecule has 0 aliphatic rings. The molecular formula is C10H15FN2O2S. The molecule has 1 unspecified atom stereocenters. The summed E-state index contributed by atoms with van der Waals surface area (Å²) in [5.74, 6) is -0.508. The van der Waals surface area contributed by atoms with E-state index >= 15 is 0 Å². The van der Waals surface area contributed by atoms with Gasteiger partial charge in [0.1, 0.15) is 5.82 Å².